The molecule has 0 amide bonds. The summed E-state index contributed by atoms with van der Waals surface area (Å²) in [6, 6.07) is 10.8. The lowest BCUT2D eigenvalue weighted by Gasteiger charge is -2.34. The van der Waals surface area contributed by atoms with E-state index in [1.54, 1.807) is 0 Å². The SMILES string of the molecule is c1ccc(CCCN2CCN(CCn3ccnc3)CC2)cc1. The Kier molecular flexibility index (Phi) is 5.62. The van der Waals surface area contributed by atoms with Gasteiger partial charge in [0.05, 0.1) is 6.33 Å². The molecule has 0 saturated carbocycles. The van der Waals surface area contributed by atoms with Crippen LogP contribution in [0, 0.1) is 0 Å². The third-order valence-corrected chi connectivity index (χ3v) is 4.48. The summed E-state index contributed by atoms with van der Waals surface area (Å²) >= 11 is 0. The largest absolute Gasteiger partial charge is 0.336 e. The maximum Gasteiger partial charge on any atom is 0.0946 e. The van der Waals surface area contributed by atoms with Crippen LogP contribution in [0.2, 0.25) is 0 Å². The summed E-state index contributed by atoms with van der Waals surface area (Å²) in [6.07, 6.45) is 8.26. The van der Waals surface area contributed by atoms with E-state index in [9.17, 15) is 0 Å². The van der Waals surface area contributed by atoms with E-state index in [1.165, 1.54) is 51.1 Å². The molecule has 1 aromatic carbocycles. The molecule has 3 rings (SSSR count). The van der Waals surface area contributed by atoms with Crippen LogP contribution in [-0.2, 0) is 13.0 Å². The molecular weight excluding hydrogens is 272 g/mol. The van der Waals surface area contributed by atoms with E-state index in [2.05, 4.69) is 49.7 Å². The fraction of sp³-hybridized carbons (Fsp3) is 0.500. The molecule has 22 heavy (non-hydrogen) atoms. The Morgan fingerprint density at radius 1 is 0.864 bits per heavy atom. The maximum absolute atomic E-state index is 4.09. The Morgan fingerprint density at radius 2 is 1.59 bits per heavy atom. The summed E-state index contributed by atoms with van der Waals surface area (Å²) in [5.41, 5.74) is 1.46. The normalized spacial score (nSPS) is 16.9. The molecule has 0 bridgehead atoms. The molecule has 2 aromatic rings. The number of aromatic nitrogens is 2. The zero-order chi connectivity index (χ0) is 15.0. The van der Waals surface area contributed by atoms with E-state index in [0.29, 0.717) is 0 Å². The second-order valence-corrected chi connectivity index (χ2v) is 6.07. The van der Waals surface area contributed by atoms with Gasteiger partial charge in [-0.2, -0.15) is 0 Å². The number of rotatable bonds is 7. The monoisotopic (exact) mass is 298 g/mol. The molecule has 0 unspecified atom stereocenters. The topological polar surface area (TPSA) is 24.3 Å². The highest BCUT2D eigenvalue weighted by molar-refractivity contribution is 5.14. The summed E-state index contributed by atoms with van der Waals surface area (Å²) in [5.74, 6) is 0. The zero-order valence-corrected chi connectivity index (χ0v) is 13.3. The van der Waals surface area contributed by atoms with E-state index in [1.807, 2.05) is 18.7 Å². The van der Waals surface area contributed by atoms with Crippen LogP contribution in [0.5, 0.6) is 0 Å². The van der Waals surface area contributed by atoms with Crippen molar-refractivity contribution in [2.75, 3.05) is 39.3 Å². The minimum absolute atomic E-state index is 1.05. The van der Waals surface area contributed by atoms with Gasteiger partial charge in [-0.05, 0) is 24.9 Å². The number of imidazole rings is 1. The van der Waals surface area contributed by atoms with Crippen molar-refractivity contribution in [2.24, 2.45) is 0 Å². The number of piperazine rings is 1. The average molecular weight is 298 g/mol. The zero-order valence-electron chi connectivity index (χ0n) is 13.3. The highest BCUT2D eigenvalue weighted by atomic mass is 15.3. The molecule has 1 saturated heterocycles. The average Bonchev–Trinajstić information content (AvgIpc) is 3.09. The molecular formula is C18H26N4. The van der Waals surface area contributed by atoms with Crippen LogP contribution < -0.4 is 0 Å². The summed E-state index contributed by atoms with van der Waals surface area (Å²) < 4.78 is 2.16. The second-order valence-electron chi connectivity index (χ2n) is 6.07. The molecule has 118 valence electrons. The van der Waals surface area contributed by atoms with E-state index in [4.69, 9.17) is 0 Å². The first-order valence-electron chi connectivity index (χ1n) is 8.34. The Bertz CT molecular complexity index is 515. The predicted octanol–water partition coefficient (Wildman–Crippen LogP) is 2.13. The lowest BCUT2D eigenvalue weighted by atomic mass is 10.1. The van der Waals surface area contributed by atoms with Gasteiger partial charge in [0.1, 0.15) is 0 Å². The molecule has 1 fully saturated rings. The fourth-order valence-corrected chi connectivity index (χ4v) is 3.06. The lowest BCUT2D eigenvalue weighted by molar-refractivity contribution is 0.128. The first-order valence-corrected chi connectivity index (χ1v) is 8.34. The fourth-order valence-electron chi connectivity index (χ4n) is 3.06. The van der Waals surface area contributed by atoms with Gasteiger partial charge in [0.2, 0.25) is 0 Å². The summed E-state index contributed by atoms with van der Waals surface area (Å²) in [7, 11) is 0. The Hall–Kier alpha value is -1.65. The molecule has 0 radical (unpaired) electrons. The van der Waals surface area contributed by atoms with Gasteiger partial charge in [0.15, 0.2) is 0 Å². The number of nitrogens with zero attached hydrogens (tertiary/aromatic N) is 4. The molecule has 1 aromatic heterocycles. The molecule has 4 nitrogen and oxygen atoms in total. The lowest BCUT2D eigenvalue weighted by Crippen LogP contribution is -2.47. The molecule has 1 aliphatic rings. The van der Waals surface area contributed by atoms with Gasteiger partial charge < -0.3 is 9.47 Å². The second kappa shape index (κ2) is 8.11. The molecule has 0 atom stereocenters. The summed E-state index contributed by atoms with van der Waals surface area (Å²) in [6.45, 7) is 8.21. The van der Waals surface area contributed by atoms with Crippen LogP contribution in [0.25, 0.3) is 0 Å². The minimum Gasteiger partial charge on any atom is -0.336 e. The highest BCUT2D eigenvalue weighted by Gasteiger charge is 2.15. The van der Waals surface area contributed by atoms with Crippen LogP contribution in [0.3, 0.4) is 0 Å². The van der Waals surface area contributed by atoms with Crippen molar-refractivity contribution in [2.45, 2.75) is 19.4 Å². The molecule has 2 heterocycles. The van der Waals surface area contributed by atoms with Gasteiger partial charge in [-0.15, -0.1) is 0 Å². The van der Waals surface area contributed by atoms with Crippen molar-refractivity contribution in [3.8, 4) is 0 Å². The number of benzene rings is 1. The van der Waals surface area contributed by atoms with Crippen molar-refractivity contribution in [3.63, 3.8) is 0 Å². The Balaban J connectivity index is 1.30. The van der Waals surface area contributed by atoms with Gasteiger partial charge in [0.25, 0.3) is 0 Å². The third-order valence-electron chi connectivity index (χ3n) is 4.48. The minimum atomic E-state index is 1.05. The van der Waals surface area contributed by atoms with Crippen molar-refractivity contribution in [1.29, 1.82) is 0 Å². The van der Waals surface area contributed by atoms with Crippen LogP contribution in [0.1, 0.15) is 12.0 Å². The summed E-state index contributed by atoms with van der Waals surface area (Å²) in [5, 5.41) is 0. The Morgan fingerprint density at radius 3 is 2.27 bits per heavy atom. The van der Waals surface area contributed by atoms with Crippen molar-refractivity contribution >= 4 is 0 Å². The van der Waals surface area contributed by atoms with Gasteiger partial charge in [-0.1, -0.05) is 30.3 Å². The van der Waals surface area contributed by atoms with Gasteiger partial charge >= 0.3 is 0 Å². The van der Waals surface area contributed by atoms with E-state index < -0.39 is 0 Å². The van der Waals surface area contributed by atoms with Crippen molar-refractivity contribution in [3.05, 3.63) is 54.6 Å². The van der Waals surface area contributed by atoms with E-state index in [0.717, 1.165) is 13.1 Å². The van der Waals surface area contributed by atoms with Gasteiger partial charge in [0, 0.05) is 51.7 Å². The predicted molar refractivity (Wildman–Crippen MR) is 89.9 cm³/mol. The quantitative estimate of drug-likeness (QED) is 0.783. The number of hydrogen-bond donors (Lipinski definition) is 0. The van der Waals surface area contributed by atoms with Crippen LogP contribution in [-0.4, -0.2) is 58.6 Å². The molecule has 0 N–H and O–H groups in total. The Labute approximate surface area is 133 Å². The van der Waals surface area contributed by atoms with Crippen LogP contribution in [0.4, 0.5) is 0 Å². The molecule has 0 aliphatic carbocycles. The van der Waals surface area contributed by atoms with Crippen LogP contribution >= 0.6 is 0 Å². The molecule has 4 heteroatoms. The highest BCUT2D eigenvalue weighted by Crippen LogP contribution is 2.06. The summed E-state index contributed by atoms with van der Waals surface area (Å²) in [4.78, 5) is 9.26. The van der Waals surface area contributed by atoms with E-state index in [-0.39, 0.29) is 0 Å². The van der Waals surface area contributed by atoms with Gasteiger partial charge in [-0.3, -0.25) is 4.90 Å². The van der Waals surface area contributed by atoms with Crippen molar-refractivity contribution < 1.29 is 0 Å². The van der Waals surface area contributed by atoms with Crippen molar-refractivity contribution in [1.82, 2.24) is 19.4 Å². The first kappa shape index (κ1) is 15.3. The molecule has 1 aliphatic heterocycles. The number of hydrogen-bond acceptors (Lipinski definition) is 3. The molecule has 0 spiro atoms. The standard InChI is InChI=1S/C18H26N4/c1-2-5-18(6-3-1)7-4-9-20-11-13-21(14-12-20)15-16-22-10-8-19-17-22/h1-3,5-6,8,10,17H,4,7,9,11-16H2. The first-order chi connectivity index (χ1) is 10.9. The number of aryl methyl sites for hydroxylation is 1. The van der Waals surface area contributed by atoms with Gasteiger partial charge in [-0.25, -0.2) is 4.98 Å². The maximum atomic E-state index is 4.09. The third kappa shape index (κ3) is 4.68. The van der Waals surface area contributed by atoms with E-state index >= 15 is 0 Å². The smallest absolute Gasteiger partial charge is 0.0946 e. The van der Waals surface area contributed by atoms with Crippen LogP contribution in [0.15, 0.2) is 49.1 Å².